The molecule has 1 aliphatic rings. The molecular formula is C22H22N2O6S. The lowest BCUT2D eigenvalue weighted by atomic mass is 10.2. The van der Waals surface area contributed by atoms with Gasteiger partial charge in [-0.2, -0.15) is 0 Å². The quantitative estimate of drug-likeness (QED) is 0.598. The number of benzene rings is 2. The Morgan fingerprint density at radius 2 is 1.87 bits per heavy atom. The van der Waals surface area contributed by atoms with Gasteiger partial charge in [-0.3, -0.25) is 4.79 Å². The number of aliphatic imine (C=N–C) groups is 1. The third kappa shape index (κ3) is 5.58. The van der Waals surface area contributed by atoms with Crippen LogP contribution in [-0.4, -0.2) is 42.5 Å². The normalized spacial score (nSPS) is 16.8. The van der Waals surface area contributed by atoms with Gasteiger partial charge >= 0.3 is 5.97 Å². The maximum atomic E-state index is 12.3. The Labute approximate surface area is 183 Å². The number of hydrogen-bond donors (Lipinski definition) is 2. The monoisotopic (exact) mass is 442 g/mol. The Bertz CT molecular complexity index is 1030. The molecule has 0 aromatic heterocycles. The minimum absolute atomic E-state index is 0.256. The molecule has 31 heavy (non-hydrogen) atoms. The summed E-state index contributed by atoms with van der Waals surface area (Å²) in [4.78, 5) is 28.4. The highest BCUT2D eigenvalue weighted by atomic mass is 32.2. The van der Waals surface area contributed by atoms with E-state index in [2.05, 4.69) is 10.3 Å². The van der Waals surface area contributed by atoms with E-state index in [0.29, 0.717) is 39.4 Å². The van der Waals surface area contributed by atoms with Crippen LogP contribution in [0.2, 0.25) is 0 Å². The van der Waals surface area contributed by atoms with E-state index < -0.39 is 12.1 Å². The molecule has 1 aliphatic heterocycles. The van der Waals surface area contributed by atoms with Gasteiger partial charge in [0.1, 0.15) is 22.9 Å². The Kier molecular flexibility index (Phi) is 7.19. The number of nitrogens with one attached hydrogen (secondary N) is 1. The lowest BCUT2D eigenvalue weighted by Crippen LogP contribution is -2.25. The van der Waals surface area contributed by atoms with Crippen LogP contribution < -0.4 is 19.5 Å². The number of carboxylic acids is 1. The zero-order chi connectivity index (χ0) is 22.4. The number of methoxy groups -OCH3 is 2. The molecule has 1 atom stereocenters. The maximum absolute atomic E-state index is 12.3. The second-order valence-corrected chi connectivity index (χ2v) is 7.47. The van der Waals surface area contributed by atoms with Crippen molar-refractivity contribution in [2.24, 2.45) is 4.99 Å². The number of nitrogens with zero attached hydrogens (tertiary/aromatic N) is 1. The van der Waals surface area contributed by atoms with Gasteiger partial charge in [0.2, 0.25) is 0 Å². The molecule has 0 bridgehead atoms. The van der Waals surface area contributed by atoms with Gasteiger partial charge in [-0.1, -0.05) is 19.1 Å². The first kappa shape index (κ1) is 22.2. The molecule has 1 fully saturated rings. The molecule has 1 amide bonds. The summed E-state index contributed by atoms with van der Waals surface area (Å²) in [6, 6.07) is 12.1. The van der Waals surface area contributed by atoms with Crippen LogP contribution >= 0.6 is 11.8 Å². The van der Waals surface area contributed by atoms with Gasteiger partial charge in [-0.05, 0) is 54.1 Å². The lowest BCUT2D eigenvalue weighted by molar-refractivity contribution is -0.145. The second-order valence-electron chi connectivity index (χ2n) is 6.44. The summed E-state index contributed by atoms with van der Waals surface area (Å²) >= 11 is 1.21. The first-order chi connectivity index (χ1) is 14.9. The van der Waals surface area contributed by atoms with Crippen molar-refractivity contribution >= 4 is 40.6 Å². The number of amidine groups is 1. The SMILES string of the molecule is CCC(Oc1ccc(/C=C2/SC(=Nc3ccc(OC)cc3OC)NC2=O)cc1)C(=O)O. The molecule has 0 saturated carbocycles. The third-order valence-corrected chi connectivity index (χ3v) is 5.27. The van der Waals surface area contributed by atoms with E-state index in [0.717, 1.165) is 5.56 Å². The molecule has 0 radical (unpaired) electrons. The summed E-state index contributed by atoms with van der Waals surface area (Å²) in [5, 5.41) is 12.3. The van der Waals surface area contributed by atoms with E-state index in [9.17, 15) is 9.59 Å². The van der Waals surface area contributed by atoms with Gasteiger partial charge in [-0.15, -0.1) is 0 Å². The van der Waals surface area contributed by atoms with Gasteiger partial charge in [0.25, 0.3) is 5.91 Å². The third-order valence-electron chi connectivity index (χ3n) is 4.36. The topological polar surface area (TPSA) is 106 Å². The number of ether oxygens (including phenoxy) is 3. The van der Waals surface area contributed by atoms with E-state index in [1.807, 2.05) is 0 Å². The molecule has 0 aliphatic carbocycles. The molecule has 8 nitrogen and oxygen atoms in total. The van der Waals surface area contributed by atoms with E-state index in [1.165, 1.54) is 18.9 Å². The molecular weight excluding hydrogens is 420 g/mol. The highest BCUT2D eigenvalue weighted by Crippen LogP contribution is 2.34. The lowest BCUT2D eigenvalue weighted by Gasteiger charge is -2.13. The Morgan fingerprint density at radius 3 is 2.48 bits per heavy atom. The van der Waals surface area contributed by atoms with E-state index in [4.69, 9.17) is 19.3 Å². The number of aliphatic carboxylic acids is 1. The van der Waals surface area contributed by atoms with Crippen LogP contribution in [0, 0.1) is 0 Å². The van der Waals surface area contributed by atoms with Crippen molar-refractivity contribution < 1.29 is 28.9 Å². The van der Waals surface area contributed by atoms with Crippen LogP contribution in [0.25, 0.3) is 6.08 Å². The van der Waals surface area contributed by atoms with Crippen LogP contribution in [0.15, 0.2) is 52.4 Å². The summed E-state index contributed by atoms with van der Waals surface area (Å²) in [6.45, 7) is 1.74. The zero-order valence-corrected chi connectivity index (χ0v) is 18.1. The average Bonchev–Trinajstić information content (AvgIpc) is 3.11. The number of carbonyl (C=O) groups is 2. The predicted molar refractivity (Wildman–Crippen MR) is 119 cm³/mol. The van der Waals surface area contributed by atoms with Crippen molar-refractivity contribution in [3.05, 3.63) is 52.9 Å². The zero-order valence-electron chi connectivity index (χ0n) is 17.2. The first-order valence-electron chi connectivity index (χ1n) is 9.44. The van der Waals surface area contributed by atoms with Gasteiger partial charge in [0.05, 0.1) is 19.1 Å². The molecule has 1 heterocycles. The highest BCUT2D eigenvalue weighted by Gasteiger charge is 2.24. The summed E-state index contributed by atoms with van der Waals surface area (Å²) in [7, 11) is 3.11. The van der Waals surface area contributed by atoms with Crippen molar-refractivity contribution in [3.8, 4) is 17.2 Å². The van der Waals surface area contributed by atoms with Crippen molar-refractivity contribution in [1.82, 2.24) is 5.32 Å². The minimum Gasteiger partial charge on any atom is -0.497 e. The maximum Gasteiger partial charge on any atom is 0.344 e. The summed E-state index contributed by atoms with van der Waals surface area (Å²) in [5.41, 5.74) is 1.34. The number of rotatable bonds is 8. The Hall–Kier alpha value is -3.46. The second kappa shape index (κ2) is 10.0. The minimum atomic E-state index is -1.01. The molecule has 2 N–H and O–H groups in total. The van der Waals surface area contributed by atoms with Crippen molar-refractivity contribution in [3.63, 3.8) is 0 Å². The summed E-state index contributed by atoms with van der Waals surface area (Å²) in [5.74, 6) is 0.363. The molecule has 2 aromatic carbocycles. The number of carboxylic acid groups (broad SMARTS) is 1. The van der Waals surface area contributed by atoms with Crippen LogP contribution in [0.5, 0.6) is 17.2 Å². The summed E-state index contributed by atoms with van der Waals surface area (Å²) < 4.78 is 16.0. The Morgan fingerprint density at radius 1 is 1.16 bits per heavy atom. The van der Waals surface area contributed by atoms with Gasteiger partial charge in [0.15, 0.2) is 11.3 Å². The van der Waals surface area contributed by atoms with E-state index in [-0.39, 0.29) is 5.91 Å². The van der Waals surface area contributed by atoms with Crippen molar-refractivity contribution in [1.29, 1.82) is 0 Å². The molecule has 162 valence electrons. The van der Waals surface area contributed by atoms with Crippen molar-refractivity contribution in [2.75, 3.05) is 14.2 Å². The fourth-order valence-corrected chi connectivity index (χ4v) is 3.57. The fraction of sp³-hybridized carbons (Fsp3) is 0.227. The van der Waals surface area contributed by atoms with Gasteiger partial charge in [-0.25, -0.2) is 9.79 Å². The standard InChI is InChI=1S/C22H22N2O6S/c1-4-17(21(26)27)30-14-7-5-13(6-8-14)11-19-20(25)24-22(31-19)23-16-10-9-15(28-2)12-18(16)29-3/h5-12,17H,4H2,1-3H3,(H,26,27)(H,23,24,25)/b19-11+. The smallest absolute Gasteiger partial charge is 0.344 e. The number of amides is 1. The van der Waals surface area contributed by atoms with Gasteiger partial charge in [0, 0.05) is 6.07 Å². The molecule has 3 rings (SSSR count). The number of hydrogen-bond acceptors (Lipinski definition) is 7. The van der Waals surface area contributed by atoms with Crippen LogP contribution in [0.1, 0.15) is 18.9 Å². The molecule has 1 saturated heterocycles. The molecule has 2 aromatic rings. The van der Waals surface area contributed by atoms with Gasteiger partial charge < -0.3 is 24.6 Å². The molecule has 9 heteroatoms. The van der Waals surface area contributed by atoms with Crippen molar-refractivity contribution in [2.45, 2.75) is 19.4 Å². The number of carbonyl (C=O) groups excluding carboxylic acids is 1. The van der Waals surface area contributed by atoms with E-state index in [1.54, 1.807) is 62.6 Å². The van der Waals surface area contributed by atoms with Crippen LogP contribution in [0.4, 0.5) is 5.69 Å². The average molecular weight is 442 g/mol. The molecule has 0 spiro atoms. The summed E-state index contributed by atoms with van der Waals surface area (Å²) in [6.07, 6.45) is 1.19. The van der Waals surface area contributed by atoms with Crippen LogP contribution in [-0.2, 0) is 9.59 Å². The first-order valence-corrected chi connectivity index (χ1v) is 10.3. The highest BCUT2D eigenvalue weighted by molar-refractivity contribution is 8.18. The van der Waals surface area contributed by atoms with Crippen LogP contribution in [0.3, 0.4) is 0 Å². The molecule has 1 unspecified atom stereocenters. The van der Waals surface area contributed by atoms with E-state index >= 15 is 0 Å². The Balaban J connectivity index is 1.74. The predicted octanol–water partition coefficient (Wildman–Crippen LogP) is 3.84. The number of thioether (sulfide) groups is 1. The fourth-order valence-electron chi connectivity index (χ4n) is 2.73. The largest absolute Gasteiger partial charge is 0.497 e.